The lowest BCUT2D eigenvalue weighted by Crippen LogP contribution is -3.00. The zero-order valence-corrected chi connectivity index (χ0v) is 11.4. The number of halogens is 2. The van der Waals surface area contributed by atoms with Crippen molar-refractivity contribution < 1.29 is 21.5 Å². The Morgan fingerprint density at radius 3 is 2.57 bits per heavy atom. The zero-order valence-electron chi connectivity index (χ0n) is 8.20. The van der Waals surface area contributed by atoms with Gasteiger partial charge in [-0.05, 0) is 19.3 Å². The van der Waals surface area contributed by atoms with Gasteiger partial charge in [0.1, 0.15) is 6.20 Å². The van der Waals surface area contributed by atoms with Gasteiger partial charge < -0.3 is 17.0 Å². The number of aromatic nitrogens is 2. The molecule has 0 unspecified atom stereocenters. The minimum atomic E-state index is 0. The van der Waals surface area contributed by atoms with Gasteiger partial charge in [0.05, 0.1) is 12.7 Å². The van der Waals surface area contributed by atoms with Gasteiger partial charge in [-0.25, -0.2) is 4.57 Å². The minimum Gasteiger partial charge on any atom is -1.00 e. The van der Waals surface area contributed by atoms with Crippen LogP contribution >= 0.6 is 15.9 Å². The van der Waals surface area contributed by atoms with Crippen LogP contribution < -0.4 is 21.5 Å². The maximum absolute atomic E-state index is 4.06. The van der Waals surface area contributed by atoms with Gasteiger partial charge in [-0.15, -0.1) is 0 Å². The maximum Gasteiger partial charge on any atom is 0.286 e. The summed E-state index contributed by atoms with van der Waals surface area (Å²) < 4.78 is 2.13. The molecule has 14 heavy (non-hydrogen) atoms. The summed E-state index contributed by atoms with van der Waals surface area (Å²) in [5.41, 5.74) is 0. The van der Waals surface area contributed by atoms with Gasteiger partial charge in [-0.2, -0.15) is 0 Å². The lowest BCUT2D eigenvalue weighted by molar-refractivity contribution is -0.700. The van der Waals surface area contributed by atoms with Crippen molar-refractivity contribution in [3.63, 3.8) is 0 Å². The standard InChI is InChI=1S/C10H16BrN2.BrH/c11-6-3-1-2-4-8-13-9-5-7-12-10-13;/h5,7,9-10H,1-4,6,8H2;1H/q+1;/p-1. The predicted molar refractivity (Wildman–Crippen MR) is 56.7 cm³/mol. The second-order valence-electron chi connectivity index (χ2n) is 3.10. The molecule has 0 spiro atoms. The van der Waals surface area contributed by atoms with Crippen molar-refractivity contribution in [3.8, 4) is 0 Å². The third-order valence-electron chi connectivity index (χ3n) is 1.96. The predicted octanol–water partition coefficient (Wildman–Crippen LogP) is -0.672. The van der Waals surface area contributed by atoms with Crippen LogP contribution in [-0.2, 0) is 6.54 Å². The van der Waals surface area contributed by atoms with E-state index in [9.17, 15) is 0 Å². The normalized spacial score (nSPS) is 9.50. The van der Waals surface area contributed by atoms with Crippen LogP contribution in [0.3, 0.4) is 0 Å². The first-order valence-corrected chi connectivity index (χ1v) is 5.90. The summed E-state index contributed by atoms with van der Waals surface area (Å²) in [5, 5.41) is 1.13. The maximum atomic E-state index is 4.06. The summed E-state index contributed by atoms with van der Waals surface area (Å²) in [5.74, 6) is 0. The number of hydrogen-bond acceptors (Lipinski definition) is 1. The molecule has 0 aromatic carbocycles. The summed E-state index contributed by atoms with van der Waals surface area (Å²) in [6.45, 7) is 1.09. The van der Waals surface area contributed by atoms with E-state index in [1.54, 1.807) is 6.20 Å². The van der Waals surface area contributed by atoms with E-state index in [-0.39, 0.29) is 17.0 Å². The first-order chi connectivity index (χ1) is 6.43. The summed E-state index contributed by atoms with van der Waals surface area (Å²) in [7, 11) is 0. The second kappa shape index (κ2) is 9.59. The molecule has 1 aromatic heterocycles. The average molecular weight is 324 g/mol. The third kappa shape index (κ3) is 6.49. The number of unbranched alkanes of at least 4 members (excludes halogenated alkanes) is 3. The number of aryl methyl sites for hydroxylation is 1. The van der Waals surface area contributed by atoms with Gasteiger partial charge in [0.2, 0.25) is 0 Å². The van der Waals surface area contributed by atoms with E-state index < -0.39 is 0 Å². The summed E-state index contributed by atoms with van der Waals surface area (Å²) in [6.07, 6.45) is 10.9. The molecule has 0 amide bonds. The molecule has 0 radical (unpaired) electrons. The van der Waals surface area contributed by atoms with E-state index in [0.717, 1.165) is 11.9 Å². The highest BCUT2D eigenvalue weighted by Crippen LogP contribution is 2.01. The largest absolute Gasteiger partial charge is 1.00 e. The lowest BCUT2D eigenvalue weighted by atomic mass is 10.2. The fourth-order valence-electron chi connectivity index (χ4n) is 1.24. The zero-order chi connectivity index (χ0) is 9.36. The number of hydrogen-bond donors (Lipinski definition) is 0. The van der Waals surface area contributed by atoms with Crippen molar-refractivity contribution in [1.29, 1.82) is 0 Å². The van der Waals surface area contributed by atoms with Gasteiger partial charge in [-0.1, -0.05) is 27.3 Å². The van der Waals surface area contributed by atoms with Gasteiger partial charge >= 0.3 is 0 Å². The molecule has 0 N–H and O–H groups in total. The fourth-order valence-corrected chi connectivity index (χ4v) is 1.63. The van der Waals surface area contributed by atoms with E-state index in [2.05, 4.69) is 31.7 Å². The molecule has 0 aliphatic heterocycles. The van der Waals surface area contributed by atoms with Crippen LogP contribution in [-0.4, -0.2) is 10.3 Å². The van der Waals surface area contributed by atoms with Crippen LogP contribution in [0.5, 0.6) is 0 Å². The van der Waals surface area contributed by atoms with E-state index in [4.69, 9.17) is 0 Å². The van der Waals surface area contributed by atoms with Crippen LogP contribution in [0, 0.1) is 0 Å². The number of nitrogens with zero attached hydrogens (tertiary/aromatic N) is 2. The van der Waals surface area contributed by atoms with Crippen molar-refractivity contribution in [2.24, 2.45) is 0 Å². The highest BCUT2D eigenvalue weighted by atomic mass is 79.9. The molecular formula is C10H16Br2N2. The Hall–Kier alpha value is 0.0400. The minimum absolute atomic E-state index is 0. The molecule has 1 aromatic rings. The Kier molecular flexibility index (Phi) is 9.62. The third-order valence-corrected chi connectivity index (χ3v) is 2.53. The van der Waals surface area contributed by atoms with E-state index in [0.29, 0.717) is 0 Å². The highest BCUT2D eigenvalue weighted by Gasteiger charge is 1.95. The average Bonchev–Trinajstić information content (AvgIpc) is 2.19. The van der Waals surface area contributed by atoms with Crippen LogP contribution in [0.2, 0.25) is 0 Å². The van der Waals surface area contributed by atoms with Crippen LogP contribution in [0.1, 0.15) is 25.7 Å². The quantitative estimate of drug-likeness (QED) is 0.385. The number of rotatable bonds is 6. The van der Waals surface area contributed by atoms with Crippen molar-refractivity contribution >= 4 is 15.9 Å². The van der Waals surface area contributed by atoms with Gasteiger partial charge in [-0.3, -0.25) is 0 Å². The van der Waals surface area contributed by atoms with Crippen LogP contribution in [0.4, 0.5) is 0 Å². The Labute approximate surface area is 105 Å². The molecule has 0 saturated carbocycles. The molecule has 0 atom stereocenters. The Morgan fingerprint density at radius 2 is 1.93 bits per heavy atom. The molecule has 80 valence electrons. The SMILES string of the molecule is BrCCCCCC[n+]1cccnc1.[Br-]. The highest BCUT2D eigenvalue weighted by molar-refractivity contribution is 9.09. The van der Waals surface area contributed by atoms with Crippen molar-refractivity contribution in [3.05, 3.63) is 24.8 Å². The number of alkyl halides is 1. The molecule has 0 fully saturated rings. The topological polar surface area (TPSA) is 16.8 Å². The molecule has 1 heterocycles. The van der Waals surface area contributed by atoms with Gasteiger partial charge in [0.25, 0.3) is 6.33 Å². The molecule has 1 rings (SSSR count). The van der Waals surface area contributed by atoms with Crippen molar-refractivity contribution in [2.75, 3.05) is 5.33 Å². The lowest BCUT2D eigenvalue weighted by Gasteiger charge is -1.98. The second-order valence-corrected chi connectivity index (χ2v) is 3.89. The Bertz CT molecular complexity index is 217. The van der Waals surface area contributed by atoms with E-state index in [1.807, 2.05) is 12.4 Å². The van der Waals surface area contributed by atoms with E-state index >= 15 is 0 Å². The molecule has 0 saturated heterocycles. The Balaban J connectivity index is 0.00000169. The fraction of sp³-hybridized carbons (Fsp3) is 0.600. The van der Waals surface area contributed by atoms with Crippen molar-refractivity contribution in [1.82, 2.24) is 4.98 Å². The molecule has 4 heteroatoms. The Morgan fingerprint density at radius 1 is 1.14 bits per heavy atom. The van der Waals surface area contributed by atoms with Gasteiger partial charge in [0.15, 0.2) is 0 Å². The van der Waals surface area contributed by atoms with E-state index in [1.165, 1.54) is 25.7 Å². The molecule has 0 bridgehead atoms. The summed E-state index contributed by atoms with van der Waals surface area (Å²) in [4.78, 5) is 4.06. The first-order valence-electron chi connectivity index (χ1n) is 4.78. The molecule has 2 nitrogen and oxygen atoms in total. The van der Waals surface area contributed by atoms with Gasteiger partial charge in [0, 0.05) is 11.4 Å². The monoisotopic (exact) mass is 322 g/mol. The summed E-state index contributed by atoms with van der Waals surface area (Å²) in [6, 6.07) is 1.97. The van der Waals surface area contributed by atoms with Crippen molar-refractivity contribution in [2.45, 2.75) is 32.2 Å². The smallest absolute Gasteiger partial charge is 0.286 e. The molecular weight excluding hydrogens is 308 g/mol. The van der Waals surface area contributed by atoms with Crippen LogP contribution in [0.15, 0.2) is 24.8 Å². The molecule has 0 aliphatic rings. The van der Waals surface area contributed by atoms with Crippen LogP contribution in [0.25, 0.3) is 0 Å². The molecule has 0 aliphatic carbocycles. The summed E-state index contributed by atoms with van der Waals surface area (Å²) >= 11 is 3.43. The first kappa shape index (κ1) is 14.0.